The standard InChI is InChI=1S/C14H27NO2/c16-14(8-10-17-11-9-14)12-15-13-6-4-2-1-3-5-7-13/h13,15-16H,1-12H2. The average Bonchev–Trinajstić information content (AvgIpc) is 2.28. The van der Waals surface area contributed by atoms with Crippen LogP contribution in [0.2, 0.25) is 0 Å². The number of aliphatic hydroxyl groups is 1. The van der Waals surface area contributed by atoms with Crippen molar-refractivity contribution < 1.29 is 9.84 Å². The van der Waals surface area contributed by atoms with E-state index in [2.05, 4.69) is 5.32 Å². The van der Waals surface area contributed by atoms with Crippen LogP contribution in [0, 0.1) is 0 Å². The van der Waals surface area contributed by atoms with Gasteiger partial charge in [-0.1, -0.05) is 32.1 Å². The van der Waals surface area contributed by atoms with Crippen LogP contribution in [-0.4, -0.2) is 36.5 Å². The highest BCUT2D eigenvalue weighted by atomic mass is 16.5. The zero-order valence-electron chi connectivity index (χ0n) is 10.9. The first-order valence-electron chi connectivity index (χ1n) is 7.32. The van der Waals surface area contributed by atoms with E-state index in [0.717, 1.165) is 19.4 Å². The largest absolute Gasteiger partial charge is 0.388 e. The molecule has 17 heavy (non-hydrogen) atoms. The molecule has 2 rings (SSSR count). The predicted octanol–water partition coefficient (Wildman–Crippen LogP) is 2.23. The van der Waals surface area contributed by atoms with Crippen molar-refractivity contribution in [2.45, 2.75) is 69.4 Å². The van der Waals surface area contributed by atoms with Gasteiger partial charge < -0.3 is 15.2 Å². The molecule has 0 unspecified atom stereocenters. The smallest absolute Gasteiger partial charge is 0.0815 e. The molecule has 0 bridgehead atoms. The van der Waals surface area contributed by atoms with E-state index < -0.39 is 5.60 Å². The van der Waals surface area contributed by atoms with E-state index in [1.54, 1.807) is 0 Å². The van der Waals surface area contributed by atoms with Gasteiger partial charge in [-0.05, 0) is 12.8 Å². The van der Waals surface area contributed by atoms with Crippen LogP contribution in [0.1, 0.15) is 57.8 Å². The van der Waals surface area contributed by atoms with Crippen LogP contribution < -0.4 is 5.32 Å². The van der Waals surface area contributed by atoms with Crippen LogP contribution in [0.4, 0.5) is 0 Å². The van der Waals surface area contributed by atoms with E-state index in [1.807, 2.05) is 0 Å². The average molecular weight is 241 g/mol. The van der Waals surface area contributed by atoms with Gasteiger partial charge in [0, 0.05) is 38.6 Å². The maximum absolute atomic E-state index is 10.4. The second-order valence-corrected chi connectivity index (χ2v) is 5.76. The Morgan fingerprint density at radius 3 is 2.24 bits per heavy atom. The fourth-order valence-corrected chi connectivity index (χ4v) is 2.92. The van der Waals surface area contributed by atoms with Gasteiger partial charge in [0.25, 0.3) is 0 Å². The summed E-state index contributed by atoms with van der Waals surface area (Å²) in [4.78, 5) is 0. The molecule has 0 aromatic heterocycles. The fourth-order valence-electron chi connectivity index (χ4n) is 2.92. The van der Waals surface area contributed by atoms with Crippen molar-refractivity contribution in [3.05, 3.63) is 0 Å². The number of hydrogen-bond donors (Lipinski definition) is 2. The molecule has 0 atom stereocenters. The molecule has 3 nitrogen and oxygen atoms in total. The number of hydrogen-bond acceptors (Lipinski definition) is 3. The monoisotopic (exact) mass is 241 g/mol. The normalized spacial score (nSPS) is 27.4. The van der Waals surface area contributed by atoms with Crippen molar-refractivity contribution in [1.29, 1.82) is 0 Å². The molecule has 100 valence electrons. The summed E-state index contributed by atoms with van der Waals surface area (Å²) in [6.07, 6.45) is 11.0. The molecule has 1 aliphatic heterocycles. The molecule has 2 aliphatic rings. The summed E-state index contributed by atoms with van der Waals surface area (Å²) in [5.41, 5.74) is -0.513. The van der Waals surface area contributed by atoms with Crippen LogP contribution in [0.5, 0.6) is 0 Å². The van der Waals surface area contributed by atoms with Crippen molar-refractivity contribution in [2.75, 3.05) is 19.8 Å². The molecule has 0 radical (unpaired) electrons. The van der Waals surface area contributed by atoms with Crippen molar-refractivity contribution in [3.8, 4) is 0 Å². The molecule has 0 aromatic rings. The Morgan fingerprint density at radius 1 is 1.00 bits per heavy atom. The fraction of sp³-hybridized carbons (Fsp3) is 1.00. The van der Waals surface area contributed by atoms with Gasteiger partial charge in [-0.2, -0.15) is 0 Å². The molecule has 3 heteroatoms. The van der Waals surface area contributed by atoms with Gasteiger partial charge in [0.15, 0.2) is 0 Å². The zero-order chi connectivity index (χ0) is 12.0. The third kappa shape index (κ3) is 4.57. The molecule has 1 aliphatic carbocycles. The van der Waals surface area contributed by atoms with Gasteiger partial charge >= 0.3 is 0 Å². The quantitative estimate of drug-likeness (QED) is 0.796. The summed E-state index contributed by atoms with van der Waals surface area (Å²) in [5.74, 6) is 0. The van der Waals surface area contributed by atoms with Crippen molar-refractivity contribution >= 4 is 0 Å². The van der Waals surface area contributed by atoms with Crippen molar-refractivity contribution in [3.63, 3.8) is 0 Å². The van der Waals surface area contributed by atoms with Crippen LogP contribution in [0.15, 0.2) is 0 Å². The Bertz CT molecular complexity index is 206. The van der Waals surface area contributed by atoms with Crippen molar-refractivity contribution in [2.24, 2.45) is 0 Å². The van der Waals surface area contributed by atoms with E-state index >= 15 is 0 Å². The van der Waals surface area contributed by atoms with Crippen molar-refractivity contribution in [1.82, 2.24) is 5.32 Å². The van der Waals surface area contributed by atoms with Crippen LogP contribution >= 0.6 is 0 Å². The molecule has 2 fully saturated rings. The molecule has 1 heterocycles. The van der Waals surface area contributed by atoms with E-state index in [9.17, 15) is 5.11 Å². The molecule has 0 spiro atoms. The van der Waals surface area contributed by atoms with Crippen LogP contribution in [0.25, 0.3) is 0 Å². The number of rotatable bonds is 3. The number of ether oxygens (including phenoxy) is 1. The van der Waals surface area contributed by atoms with Crippen LogP contribution in [0.3, 0.4) is 0 Å². The maximum atomic E-state index is 10.4. The highest BCUT2D eigenvalue weighted by Gasteiger charge is 2.30. The topological polar surface area (TPSA) is 41.5 Å². The first-order valence-corrected chi connectivity index (χ1v) is 7.32. The summed E-state index contributed by atoms with van der Waals surface area (Å²) >= 11 is 0. The summed E-state index contributed by atoms with van der Waals surface area (Å²) in [5, 5.41) is 14.0. The van der Waals surface area contributed by atoms with Gasteiger partial charge in [-0.25, -0.2) is 0 Å². The zero-order valence-corrected chi connectivity index (χ0v) is 10.9. The molecule has 1 saturated carbocycles. The lowest BCUT2D eigenvalue weighted by atomic mass is 9.92. The third-order valence-corrected chi connectivity index (χ3v) is 4.25. The molecule has 1 saturated heterocycles. The second-order valence-electron chi connectivity index (χ2n) is 5.76. The first-order chi connectivity index (χ1) is 8.29. The molecular formula is C14H27NO2. The Labute approximate surface area is 105 Å². The maximum Gasteiger partial charge on any atom is 0.0815 e. The minimum absolute atomic E-state index is 0.513. The molecule has 0 aromatic carbocycles. The highest BCUT2D eigenvalue weighted by molar-refractivity contribution is 4.85. The predicted molar refractivity (Wildman–Crippen MR) is 69.1 cm³/mol. The molecular weight excluding hydrogens is 214 g/mol. The Kier molecular flexibility index (Phi) is 5.26. The Hall–Kier alpha value is -0.120. The van der Waals surface area contributed by atoms with E-state index in [1.165, 1.54) is 44.9 Å². The van der Waals surface area contributed by atoms with E-state index in [0.29, 0.717) is 19.3 Å². The van der Waals surface area contributed by atoms with Gasteiger partial charge in [0.1, 0.15) is 0 Å². The van der Waals surface area contributed by atoms with Gasteiger partial charge in [0.2, 0.25) is 0 Å². The highest BCUT2D eigenvalue weighted by Crippen LogP contribution is 2.21. The minimum atomic E-state index is -0.513. The Morgan fingerprint density at radius 2 is 1.59 bits per heavy atom. The second kappa shape index (κ2) is 6.72. The molecule has 0 amide bonds. The van der Waals surface area contributed by atoms with Gasteiger partial charge in [-0.15, -0.1) is 0 Å². The van der Waals surface area contributed by atoms with E-state index in [4.69, 9.17) is 4.74 Å². The SMILES string of the molecule is OC1(CNC2CCCCCCC2)CCOCC1. The lowest BCUT2D eigenvalue weighted by Gasteiger charge is -2.34. The Balaban J connectivity index is 1.71. The summed E-state index contributed by atoms with van der Waals surface area (Å²) in [6.45, 7) is 2.17. The first kappa shape index (κ1) is 13.3. The summed E-state index contributed by atoms with van der Waals surface area (Å²) in [6, 6.07) is 0.627. The van der Waals surface area contributed by atoms with Crippen LogP contribution in [-0.2, 0) is 4.74 Å². The number of nitrogens with one attached hydrogen (secondary N) is 1. The lowest BCUT2D eigenvalue weighted by molar-refractivity contribution is -0.0630. The third-order valence-electron chi connectivity index (χ3n) is 4.25. The lowest BCUT2D eigenvalue weighted by Crippen LogP contribution is -2.47. The van der Waals surface area contributed by atoms with E-state index in [-0.39, 0.29) is 0 Å². The van der Waals surface area contributed by atoms with Gasteiger partial charge in [-0.3, -0.25) is 0 Å². The summed E-state index contributed by atoms with van der Waals surface area (Å²) < 4.78 is 5.31. The minimum Gasteiger partial charge on any atom is -0.388 e. The van der Waals surface area contributed by atoms with Gasteiger partial charge in [0.05, 0.1) is 5.60 Å². The molecule has 2 N–H and O–H groups in total. The summed E-state index contributed by atoms with van der Waals surface area (Å²) in [7, 11) is 0.